The zero-order chi connectivity index (χ0) is 23.4. The molecule has 1 saturated carbocycles. The summed E-state index contributed by atoms with van der Waals surface area (Å²) in [5.74, 6) is -1.88. The highest BCUT2D eigenvalue weighted by atomic mass is 16.5. The van der Waals surface area contributed by atoms with Crippen LogP contribution in [0.4, 0.5) is 4.79 Å². The summed E-state index contributed by atoms with van der Waals surface area (Å²) in [4.78, 5) is 35.8. The molecule has 174 valence electrons. The molecule has 2 aromatic rings. The number of carboxylic acid groups (broad SMARTS) is 1. The van der Waals surface area contributed by atoms with Gasteiger partial charge in [0.25, 0.3) is 0 Å². The van der Waals surface area contributed by atoms with Crippen molar-refractivity contribution in [2.45, 2.75) is 43.7 Å². The molecule has 0 bridgehead atoms. The first-order valence-electron chi connectivity index (χ1n) is 11.2. The monoisotopic (exact) mass is 452 g/mol. The van der Waals surface area contributed by atoms with Crippen LogP contribution in [0.3, 0.4) is 0 Å². The quantitative estimate of drug-likeness (QED) is 0.488. The van der Waals surface area contributed by atoms with Gasteiger partial charge in [0.05, 0.1) is 6.61 Å². The minimum atomic E-state index is -1.33. The van der Waals surface area contributed by atoms with E-state index in [4.69, 9.17) is 14.9 Å². The molecule has 2 aliphatic rings. The van der Waals surface area contributed by atoms with Gasteiger partial charge >= 0.3 is 12.1 Å². The molecule has 0 heterocycles. The van der Waals surface area contributed by atoms with Gasteiger partial charge in [-0.2, -0.15) is 0 Å². The average Bonchev–Trinajstić information content (AvgIpc) is 3.37. The van der Waals surface area contributed by atoms with Gasteiger partial charge in [-0.05, 0) is 41.0 Å². The zero-order valence-corrected chi connectivity index (χ0v) is 18.2. The molecule has 8 nitrogen and oxygen atoms in total. The molecule has 2 aromatic carbocycles. The molecule has 0 spiro atoms. The Bertz CT molecular complexity index is 994. The number of carbonyl (C=O) groups is 3. The van der Waals surface area contributed by atoms with Crippen LogP contribution in [0, 0.1) is 5.92 Å². The lowest BCUT2D eigenvalue weighted by Crippen LogP contribution is -2.45. The smallest absolute Gasteiger partial charge is 0.407 e. The number of nitrogens with one attached hydrogen (secondary N) is 2. The second kappa shape index (κ2) is 10.0. The third-order valence-corrected chi connectivity index (χ3v) is 6.57. The van der Waals surface area contributed by atoms with E-state index in [0.717, 1.165) is 41.5 Å². The van der Waals surface area contributed by atoms with E-state index in [1.165, 1.54) is 0 Å². The van der Waals surface area contributed by atoms with Crippen LogP contribution in [-0.2, 0) is 14.3 Å². The van der Waals surface area contributed by atoms with Crippen LogP contribution in [0.15, 0.2) is 48.5 Å². The molecule has 8 heteroatoms. The van der Waals surface area contributed by atoms with Gasteiger partial charge < -0.3 is 25.6 Å². The maximum atomic E-state index is 12.6. The van der Waals surface area contributed by atoms with E-state index in [2.05, 4.69) is 34.9 Å². The van der Waals surface area contributed by atoms with Crippen LogP contribution >= 0.6 is 0 Å². The number of ether oxygens (including phenoxy) is 1. The molecule has 3 atom stereocenters. The lowest BCUT2D eigenvalue weighted by atomic mass is 9.98. The normalized spacial score (nSPS) is 19.9. The number of benzene rings is 2. The third-order valence-electron chi connectivity index (χ3n) is 6.57. The molecule has 2 amide bonds. The predicted molar refractivity (Wildman–Crippen MR) is 121 cm³/mol. The van der Waals surface area contributed by atoms with Crippen LogP contribution in [0.25, 0.3) is 11.1 Å². The van der Waals surface area contributed by atoms with E-state index < -0.39 is 30.6 Å². The molecule has 4 rings (SSSR count). The van der Waals surface area contributed by atoms with Gasteiger partial charge in [0, 0.05) is 18.4 Å². The fraction of sp³-hybridized carbons (Fsp3) is 0.400. The second-order valence-corrected chi connectivity index (χ2v) is 8.61. The molecular weight excluding hydrogens is 424 g/mol. The van der Waals surface area contributed by atoms with E-state index in [1.807, 2.05) is 24.3 Å². The number of carboxylic acids is 1. The van der Waals surface area contributed by atoms with Crippen molar-refractivity contribution in [3.8, 4) is 11.1 Å². The summed E-state index contributed by atoms with van der Waals surface area (Å²) in [5, 5.41) is 23.3. The first kappa shape index (κ1) is 22.8. The van der Waals surface area contributed by atoms with Crippen molar-refractivity contribution in [1.82, 2.24) is 10.6 Å². The Labute approximate surface area is 192 Å². The van der Waals surface area contributed by atoms with Gasteiger partial charge in [-0.25, -0.2) is 9.59 Å². The molecule has 0 aromatic heterocycles. The maximum Gasteiger partial charge on any atom is 0.407 e. The van der Waals surface area contributed by atoms with Gasteiger partial charge in [-0.3, -0.25) is 4.79 Å². The highest BCUT2D eigenvalue weighted by Gasteiger charge is 2.33. The largest absolute Gasteiger partial charge is 0.480 e. The number of aliphatic carboxylic acids is 1. The number of amides is 2. The number of hydrogen-bond donors (Lipinski definition) is 4. The Morgan fingerprint density at radius 3 is 2.24 bits per heavy atom. The summed E-state index contributed by atoms with van der Waals surface area (Å²) in [6, 6.07) is 14.7. The van der Waals surface area contributed by atoms with E-state index in [1.54, 1.807) is 0 Å². The predicted octanol–water partition coefficient (Wildman–Crippen LogP) is 2.65. The summed E-state index contributed by atoms with van der Waals surface area (Å²) in [7, 11) is 0. The summed E-state index contributed by atoms with van der Waals surface area (Å²) in [5.41, 5.74) is 4.59. The van der Waals surface area contributed by atoms with E-state index in [9.17, 15) is 14.4 Å². The third kappa shape index (κ3) is 5.01. The number of aliphatic hydroxyl groups excluding tert-OH is 1. The fourth-order valence-electron chi connectivity index (χ4n) is 4.94. The van der Waals surface area contributed by atoms with Gasteiger partial charge in [0.2, 0.25) is 5.91 Å². The van der Waals surface area contributed by atoms with Gasteiger partial charge in [0.15, 0.2) is 0 Å². The van der Waals surface area contributed by atoms with Crippen molar-refractivity contribution >= 4 is 18.0 Å². The molecule has 2 aliphatic carbocycles. The summed E-state index contributed by atoms with van der Waals surface area (Å²) in [6.45, 7) is -0.457. The number of carbonyl (C=O) groups excluding carboxylic acids is 2. The number of fused-ring (bicyclic) bond motifs is 3. The number of rotatable bonds is 8. The van der Waals surface area contributed by atoms with Crippen molar-refractivity contribution in [1.29, 1.82) is 0 Å². The molecule has 0 radical (unpaired) electrons. The minimum Gasteiger partial charge on any atom is -0.480 e. The van der Waals surface area contributed by atoms with E-state index in [0.29, 0.717) is 0 Å². The van der Waals surface area contributed by atoms with Gasteiger partial charge in [-0.1, -0.05) is 55.0 Å². The molecule has 0 unspecified atom stereocenters. The Morgan fingerprint density at radius 2 is 1.64 bits per heavy atom. The summed E-state index contributed by atoms with van der Waals surface area (Å²) in [6.07, 6.45) is 1.89. The number of alkyl carbamates (subject to hydrolysis) is 1. The molecule has 0 saturated heterocycles. The van der Waals surface area contributed by atoms with Crippen LogP contribution in [0.5, 0.6) is 0 Å². The topological polar surface area (TPSA) is 125 Å². The van der Waals surface area contributed by atoms with Crippen LogP contribution < -0.4 is 10.6 Å². The van der Waals surface area contributed by atoms with Crippen molar-refractivity contribution in [3.63, 3.8) is 0 Å². The van der Waals surface area contributed by atoms with Crippen molar-refractivity contribution in [2.75, 3.05) is 13.2 Å². The second-order valence-electron chi connectivity index (χ2n) is 8.61. The van der Waals surface area contributed by atoms with Crippen LogP contribution in [0.2, 0.25) is 0 Å². The summed E-state index contributed by atoms with van der Waals surface area (Å²) >= 11 is 0. The van der Waals surface area contributed by atoms with Crippen LogP contribution in [-0.4, -0.2) is 53.5 Å². The average molecular weight is 453 g/mol. The van der Waals surface area contributed by atoms with E-state index in [-0.39, 0.29) is 30.9 Å². The lowest BCUT2D eigenvalue weighted by Gasteiger charge is -2.22. The maximum absolute atomic E-state index is 12.6. The standard InChI is InChI=1S/C25H28N2O6/c28-13-22(24(30)31)26-23(29)12-15-6-5-11-21(15)27-25(32)33-14-20-18-9-3-1-7-16(18)17-8-2-4-10-19(17)20/h1-4,7-10,15,20-22,28H,5-6,11-14H2,(H,26,29)(H,27,32)(H,30,31)/t15-,21+,22-/m0/s1. The van der Waals surface area contributed by atoms with Gasteiger partial charge in [0.1, 0.15) is 12.6 Å². The Kier molecular flexibility index (Phi) is 6.93. The van der Waals surface area contributed by atoms with Crippen molar-refractivity contribution in [2.24, 2.45) is 5.92 Å². The highest BCUT2D eigenvalue weighted by molar-refractivity contribution is 5.84. The molecular formula is C25H28N2O6. The van der Waals surface area contributed by atoms with Crippen LogP contribution in [0.1, 0.15) is 42.7 Å². The molecule has 1 fully saturated rings. The number of aliphatic hydroxyl groups is 1. The molecule has 33 heavy (non-hydrogen) atoms. The number of hydrogen-bond acceptors (Lipinski definition) is 5. The SMILES string of the molecule is O=C(C[C@@H]1CCC[C@H]1NC(=O)OCC1c2ccccc2-c2ccccc21)N[C@@H](CO)C(=O)O. The van der Waals surface area contributed by atoms with Crippen molar-refractivity contribution in [3.05, 3.63) is 59.7 Å². The highest BCUT2D eigenvalue weighted by Crippen LogP contribution is 2.44. The lowest BCUT2D eigenvalue weighted by molar-refractivity contribution is -0.143. The zero-order valence-electron chi connectivity index (χ0n) is 18.2. The van der Waals surface area contributed by atoms with E-state index >= 15 is 0 Å². The Hall–Kier alpha value is -3.39. The Balaban J connectivity index is 1.33. The minimum absolute atomic E-state index is 0.0280. The Morgan fingerprint density at radius 1 is 1.00 bits per heavy atom. The first-order valence-corrected chi connectivity index (χ1v) is 11.2. The molecule has 0 aliphatic heterocycles. The summed E-state index contributed by atoms with van der Waals surface area (Å²) < 4.78 is 5.61. The van der Waals surface area contributed by atoms with Crippen molar-refractivity contribution < 1.29 is 29.3 Å². The molecule has 4 N–H and O–H groups in total. The fourth-order valence-corrected chi connectivity index (χ4v) is 4.94. The first-order chi connectivity index (χ1) is 16.0. The van der Waals surface area contributed by atoms with Gasteiger partial charge in [-0.15, -0.1) is 0 Å².